The average molecular weight is 282 g/mol. The largest absolute Gasteiger partial charge is 0.398 e. The summed E-state index contributed by atoms with van der Waals surface area (Å²) in [5.41, 5.74) is 9.11. The Morgan fingerprint density at radius 2 is 1.93 bits per heavy atom. The lowest BCUT2D eigenvalue weighted by Crippen LogP contribution is -1.86. The SMILES string of the molecule is Cc1cc(C)c(-c2ccc(N)c(Br)c2)s1. The van der Waals surface area contributed by atoms with Gasteiger partial charge in [-0.05, 0) is 59.1 Å². The topological polar surface area (TPSA) is 26.0 Å². The molecule has 0 saturated heterocycles. The van der Waals surface area contributed by atoms with Gasteiger partial charge in [0, 0.05) is 19.9 Å². The first kappa shape index (κ1) is 10.7. The normalized spacial score (nSPS) is 10.6. The zero-order valence-electron chi connectivity index (χ0n) is 8.67. The van der Waals surface area contributed by atoms with Gasteiger partial charge >= 0.3 is 0 Å². The Morgan fingerprint density at radius 1 is 1.20 bits per heavy atom. The van der Waals surface area contributed by atoms with Crippen molar-refractivity contribution in [3.8, 4) is 10.4 Å². The zero-order valence-corrected chi connectivity index (χ0v) is 11.1. The molecule has 3 heteroatoms. The highest BCUT2D eigenvalue weighted by atomic mass is 79.9. The number of anilines is 1. The third-order valence-corrected chi connectivity index (χ3v) is 4.19. The number of rotatable bonds is 1. The second-order valence-electron chi connectivity index (χ2n) is 3.61. The van der Waals surface area contributed by atoms with E-state index in [-0.39, 0.29) is 0 Å². The molecule has 0 bridgehead atoms. The first-order chi connectivity index (χ1) is 7.08. The lowest BCUT2D eigenvalue weighted by molar-refractivity contribution is 1.50. The van der Waals surface area contributed by atoms with Gasteiger partial charge in [-0.15, -0.1) is 11.3 Å². The van der Waals surface area contributed by atoms with Gasteiger partial charge < -0.3 is 5.73 Å². The fourth-order valence-electron chi connectivity index (χ4n) is 1.60. The van der Waals surface area contributed by atoms with Crippen molar-refractivity contribution in [1.82, 2.24) is 0 Å². The monoisotopic (exact) mass is 281 g/mol. The van der Waals surface area contributed by atoms with E-state index in [9.17, 15) is 0 Å². The molecule has 2 N–H and O–H groups in total. The summed E-state index contributed by atoms with van der Waals surface area (Å²) in [6.45, 7) is 4.27. The predicted molar refractivity (Wildman–Crippen MR) is 71.3 cm³/mol. The van der Waals surface area contributed by atoms with Gasteiger partial charge in [0.1, 0.15) is 0 Å². The predicted octanol–water partition coefficient (Wildman–Crippen LogP) is 4.38. The Morgan fingerprint density at radius 3 is 2.47 bits per heavy atom. The number of aryl methyl sites for hydroxylation is 2. The molecule has 2 rings (SSSR count). The third kappa shape index (κ3) is 2.08. The number of halogens is 1. The molecule has 0 aliphatic rings. The molecule has 0 atom stereocenters. The van der Waals surface area contributed by atoms with Gasteiger partial charge in [0.15, 0.2) is 0 Å². The smallest absolute Gasteiger partial charge is 0.0458 e. The maximum absolute atomic E-state index is 5.77. The van der Waals surface area contributed by atoms with Gasteiger partial charge in [-0.3, -0.25) is 0 Å². The van der Waals surface area contributed by atoms with Crippen LogP contribution in [0.4, 0.5) is 5.69 Å². The van der Waals surface area contributed by atoms with E-state index < -0.39 is 0 Å². The molecule has 0 radical (unpaired) electrons. The van der Waals surface area contributed by atoms with Crippen LogP contribution in [0.15, 0.2) is 28.7 Å². The van der Waals surface area contributed by atoms with Crippen LogP contribution in [0.5, 0.6) is 0 Å². The van der Waals surface area contributed by atoms with E-state index in [1.807, 2.05) is 17.4 Å². The summed E-state index contributed by atoms with van der Waals surface area (Å²) in [5.74, 6) is 0. The molecule has 1 nitrogen and oxygen atoms in total. The van der Waals surface area contributed by atoms with Crippen LogP contribution in [-0.2, 0) is 0 Å². The maximum Gasteiger partial charge on any atom is 0.0458 e. The third-order valence-electron chi connectivity index (χ3n) is 2.30. The van der Waals surface area contributed by atoms with Crippen molar-refractivity contribution >= 4 is 33.0 Å². The van der Waals surface area contributed by atoms with E-state index >= 15 is 0 Å². The number of hydrogen-bond acceptors (Lipinski definition) is 2. The van der Waals surface area contributed by atoms with Crippen molar-refractivity contribution in [2.24, 2.45) is 0 Å². The van der Waals surface area contributed by atoms with Crippen LogP contribution in [0.3, 0.4) is 0 Å². The standard InChI is InChI=1S/C12H12BrNS/c1-7-5-8(2)15-12(7)9-3-4-11(14)10(13)6-9/h3-6H,14H2,1-2H3. The van der Waals surface area contributed by atoms with Crippen LogP contribution in [0.1, 0.15) is 10.4 Å². The molecule has 1 aromatic carbocycles. The zero-order chi connectivity index (χ0) is 11.0. The van der Waals surface area contributed by atoms with Crippen LogP contribution in [0.25, 0.3) is 10.4 Å². The summed E-state index contributed by atoms with van der Waals surface area (Å²) in [6, 6.07) is 8.30. The van der Waals surface area contributed by atoms with Gasteiger partial charge in [0.25, 0.3) is 0 Å². The lowest BCUT2D eigenvalue weighted by atomic mass is 10.1. The highest BCUT2D eigenvalue weighted by Gasteiger charge is 2.07. The molecular formula is C12H12BrNS. The quantitative estimate of drug-likeness (QED) is 0.772. The molecular weight excluding hydrogens is 270 g/mol. The first-order valence-electron chi connectivity index (χ1n) is 4.70. The Hall–Kier alpha value is -0.800. The van der Waals surface area contributed by atoms with E-state index in [1.165, 1.54) is 20.9 Å². The molecule has 0 fully saturated rings. The molecule has 0 aliphatic heterocycles. The molecule has 78 valence electrons. The Kier molecular flexibility index (Phi) is 2.85. The van der Waals surface area contributed by atoms with E-state index in [2.05, 4.69) is 48.0 Å². The van der Waals surface area contributed by atoms with Crippen molar-refractivity contribution < 1.29 is 0 Å². The minimum atomic E-state index is 0.782. The highest BCUT2D eigenvalue weighted by molar-refractivity contribution is 9.10. The van der Waals surface area contributed by atoms with Crippen LogP contribution in [-0.4, -0.2) is 0 Å². The summed E-state index contributed by atoms with van der Waals surface area (Å²) >= 11 is 5.27. The van der Waals surface area contributed by atoms with Crippen LogP contribution < -0.4 is 5.73 Å². The van der Waals surface area contributed by atoms with Crippen LogP contribution >= 0.6 is 27.3 Å². The van der Waals surface area contributed by atoms with Crippen molar-refractivity contribution in [3.63, 3.8) is 0 Å². The van der Waals surface area contributed by atoms with E-state index in [0.717, 1.165) is 10.2 Å². The van der Waals surface area contributed by atoms with E-state index in [1.54, 1.807) is 0 Å². The first-order valence-corrected chi connectivity index (χ1v) is 6.31. The van der Waals surface area contributed by atoms with Crippen molar-refractivity contribution in [2.75, 3.05) is 5.73 Å². The summed E-state index contributed by atoms with van der Waals surface area (Å²) in [7, 11) is 0. The van der Waals surface area contributed by atoms with Crippen LogP contribution in [0.2, 0.25) is 0 Å². The average Bonchev–Trinajstić information content (AvgIpc) is 2.50. The summed E-state index contributed by atoms with van der Waals surface area (Å²) in [4.78, 5) is 2.67. The number of benzene rings is 1. The fraction of sp³-hybridized carbons (Fsp3) is 0.167. The minimum absolute atomic E-state index is 0.782. The molecule has 0 saturated carbocycles. The van der Waals surface area contributed by atoms with Crippen molar-refractivity contribution in [2.45, 2.75) is 13.8 Å². The summed E-state index contributed by atoms with van der Waals surface area (Å²) in [6.07, 6.45) is 0. The number of hydrogen-bond donors (Lipinski definition) is 1. The lowest BCUT2D eigenvalue weighted by Gasteiger charge is -2.03. The van der Waals surface area contributed by atoms with Gasteiger partial charge in [-0.1, -0.05) is 6.07 Å². The number of thiophene rings is 1. The minimum Gasteiger partial charge on any atom is -0.398 e. The molecule has 15 heavy (non-hydrogen) atoms. The molecule has 2 aromatic rings. The highest BCUT2D eigenvalue weighted by Crippen LogP contribution is 2.34. The van der Waals surface area contributed by atoms with Crippen LogP contribution in [0, 0.1) is 13.8 Å². The number of nitrogen functional groups attached to an aromatic ring is 1. The molecule has 0 amide bonds. The van der Waals surface area contributed by atoms with Crippen molar-refractivity contribution in [3.05, 3.63) is 39.2 Å². The Balaban J connectivity index is 2.54. The fourth-order valence-corrected chi connectivity index (χ4v) is 3.00. The van der Waals surface area contributed by atoms with Gasteiger partial charge in [-0.25, -0.2) is 0 Å². The van der Waals surface area contributed by atoms with Gasteiger partial charge in [0.2, 0.25) is 0 Å². The molecule has 0 spiro atoms. The molecule has 0 aliphatic carbocycles. The summed E-state index contributed by atoms with van der Waals surface area (Å²) in [5, 5.41) is 0. The summed E-state index contributed by atoms with van der Waals surface area (Å²) < 4.78 is 0.963. The van der Waals surface area contributed by atoms with Crippen molar-refractivity contribution in [1.29, 1.82) is 0 Å². The second-order valence-corrected chi connectivity index (χ2v) is 5.72. The molecule has 1 heterocycles. The molecule has 1 aromatic heterocycles. The van der Waals surface area contributed by atoms with E-state index in [4.69, 9.17) is 5.73 Å². The van der Waals surface area contributed by atoms with Gasteiger partial charge in [0.05, 0.1) is 0 Å². The van der Waals surface area contributed by atoms with E-state index in [0.29, 0.717) is 0 Å². The molecule has 0 unspecified atom stereocenters. The Labute approximate surface area is 102 Å². The maximum atomic E-state index is 5.77. The number of nitrogens with two attached hydrogens (primary N) is 1. The second kappa shape index (κ2) is 3.99. The Bertz CT molecular complexity index is 502. The van der Waals surface area contributed by atoms with Gasteiger partial charge in [-0.2, -0.15) is 0 Å².